The third-order valence-electron chi connectivity index (χ3n) is 8.01. The van der Waals surface area contributed by atoms with Crippen molar-refractivity contribution in [2.75, 3.05) is 13.2 Å². The van der Waals surface area contributed by atoms with Crippen LogP contribution < -0.4 is 5.32 Å². The van der Waals surface area contributed by atoms with Crippen LogP contribution >= 0.6 is 11.6 Å². The normalized spacial score (nSPS) is 40.4. The lowest BCUT2D eigenvalue weighted by molar-refractivity contribution is -0.198. The van der Waals surface area contributed by atoms with Crippen molar-refractivity contribution in [3.05, 3.63) is 0 Å². The highest BCUT2D eigenvalue weighted by atomic mass is 35.5. The minimum absolute atomic E-state index is 0.124. The molecular formula is C22H33ClF4N2O4S. The van der Waals surface area contributed by atoms with Crippen molar-refractivity contribution >= 4 is 27.5 Å². The fourth-order valence-corrected chi connectivity index (χ4v) is 8.81. The number of halogens is 5. The van der Waals surface area contributed by atoms with E-state index in [0.29, 0.717) is 25.7 Å². The quantitative estimate of drug-likeness (QED) is 0.440. The van der Waals surface area contributed by atoms with Gasteiger partial charge in [-0.1, -0.05) is 6.42 Å². The molecule has 4 aliphatic rings. The maximum atomic E-state index is 13.6. The molecule has 0 aromatic rings. The van der Waals surface area contributed by atoms with Crippen LogP contribution in [0.1, 0.15) is 64.2 Å². The summed E-state index contributed by atoms with van der Waals surface area (Å²) in [5, 5.41) is 1.23. The van der Waals surface area contributed by atoms with Crippen LogP contribution in [0.25, 0.3) is 0 Å². The standard InChI is InChI=1S/C22H33ClF4N2O4S/c23-17-3-1-2-16(22(25,26)27)20(17)21(30)28-14-6-9-19-18(12-14)29(10-11-33-19)34(31,32)15-7-4-13(24)5-8-15/h13-20H,1-12H2,(H,28,30). The van der Waals surface area contributed by atoms with E-state index in [0.717, 1.165) is 0 Å². The summed E-state index contributed by atoms with van der Waals surface area (Å²) >= 11 is 6.19. The molecule has 0 radical (unpaired) electrons. The molecule has 6 nitrogen and oxygen atoms in total. The largest absolute Gasteiger partial charge is 0.392 e. The van der Waals surface area contributed by atoms with E-state index in [1.165, 1.54) is 4.31 Å². The predicted molar refractivity (Wildman–Crippen MR) is 119 cm³/mol. The summed E-state index contributed by atoms with van der Waals surface area (Å²) < 4.78 is 88.3. The first-order valence-corrected chi connectivity index (χ1v) is 14.2. The van der Waals surface area contributed by atoms with Gasteiger partial charge in [0, 0.05) is 18.0 Å². The lowest BCUT2D eigenvalue weighted by Gasteiger charge is -2.46. The van der Waals surface area contributed by atoms with Gasteiger partial charge in [0.25, 0.3) is 0 Å². The summed E-state index contributed by atoms with van der Waals surface area (Å²) in [7, 11) is -3.68. The van der Waals surface area contributed by atoms with Crippen molar-refractivity contribution in [2.45, 2.75) is 105 Å². The van der Waals surface area contributed by atoms with Crippen LogP contribution in [-0.4, -0.2) is 72.9 Å². The van der Waals surface area contributed by atoms with E-state index in [-0.39, 0.29) is 57.8 Å². The maximum absolute atomic E-state index is 13.6. The van der Waals surface area contributed by atoms with Gasteiger partial charge < -0.3 is 10.1 Å². The van der Waals surface area contributed by atoms with Gasteiger partial charge in [0.1, 0.15) is 6.17 Å². The van der Waals surface area contributed by atoms with E-state index in [1.807, 2.05) is 0 Å². The highest BCUT2D eigenvalue weighted by Gasteiger charge is 2.52. The molecule has 0 bridgehead atoms. The molecule has 1 aliphatic heterocycles. The summed E-state index contributed by atoms with van der Waals surface area (Å²) in [4.78, 5) is 13.0. The molecule has 12 heteroatoms. The number of ether oxygens (including phenoxy) is 1. The van der Waals surface area contributed by atoms with Gasteiger partial charge in [-0.05, 0) is 57.8 Å². The van der Waals surface area contributed by atoms with Crippen molar-refractivity contribution in [1.29, 1.82) is 0 Å². The molecule has 0 spiro atoms. The van der Waals surface area contributed by atoms with Crippen LogP contribution in [0.2, 0.25) is 0 Å². The molecule has 34 heavy (non-hydrogen) atoms. The number of carbonyl (C=O) groups is 1. The zero-order valence-electron chi connectivity index (χ0n) is 19.0. The van der Waals surface area contributed by atoms with E-state index >= 15 is 0 Å². The van der Waals surface area contributed by atoms with Crippen LogP contribution in [0.3, 0.4) is 0 Å². The van der Waals surface area contributed by atoms with Crippen LogP contribution in [-0.2, 0) is 19.6 Å². The van der Waals surface area contributed by atoms with E-state index in [9.17, 15) is 30.8 Å². The van der Waals surface area contributed by atoms with Crippen LogP contribution in [0.15, 0.2) is 0 Å². The van der Waals surface area contributed by atoms with Gasteiger partial charge in [0.2, 0.25) is 15.9 Å². The Morgan fingerprint density at radius 3 is 2.41 bits per heavy atom. The number of hydrogen-bond donors (Lipinski definition) is 1. The van der Waals surface area contributed by atoms with E-state index in [1.54, 1.807) is 0 Å². The second-order valence-corrected chi connectivity index (χ2v) is 12.9. The maximum Gasteiger partial charge on any atom is 0.392 e. The third-order valence-corrected chi connectivity index (χ3v) is 10.9. The number of fused-ring (bicyclic) bond motifs is 1. The molecule has 196 valence electrons. The van der Waals surface area contributed by atoms with Crippen molar-refractivity contribution in [3.63, 3.8) is 0 Å². The summed E-state index contributed by atoms with van der Waals surface area (Å²) in [6.07, 6.45) is -3.00. The van der Waals surface area contributed by atoms with Crippen molar-refractivity contribution in [3.8, 4) is 0 Å². The number of nitrogens with zero attached hydrogens (tertiary/aromatic N) is 1. The zero-order valence-corrected chi connectivity index (χ0v) is 20.6. The fourth-order valence-electron chi connectivity index (χ4n) is 6.19. The molecule has 6 atom stereocenters. The molecule has 0 aromatic heterocycles. The Hall–Kier alpha value is -0.650. The predicted octanol–water partition coefficient (Wildman–Crippen LogP) is 3.92. The summed E-state index contributed by atoms with van der Waals surface area (Å²) in [5.74, 6) is -3.84. The number of alkyl halides is 5. The average molecular weight is 533 g/mol. The van der Waals surface area contributed by atoms with Crippen molar-refractivity contribution < 1.29 is 35.5 Å². The first-order chi connectivity index (χ1) is 16.0. The molecule has 3 aliphatic carbocycles. The molecule has 4 rings (SSSR count). The Bertz CT molecular complexity index is 837. The lowest BCUT2D eigenvalue weighted by Crippen LogP contribution is -2.60. The molecule has 6 unspecified atom stereocenters. The first kappa shape index (κ1) is 26.4. The number of nitrogens with one attached hydrogen (secondary N) is 1. The van der Waals surface area contributed by atoms with Crippen LogP contribution in [0, 0.1) is 11.8 Å². The number of sulfonamides is 1. The van der Waals surface area contributed by atoms with Gasteiger partial charge in [-0.3, -0.25) is 4.79 Å². The molecule has 3 saturated carbocycles. The number of rotatable bonds is 4. The molecule has 4 fully saturated rings. The monoisotopic (exact) mass is 532 g/mol. The van der Waals surface area contributed by atoms with Gasteiger partial charge in [0.05, 0.1) is 35.8 Å². The number of morpholine rings is 1. The fraction of sp³-hybridized carbons (Fsp3) is 0.955. The van der Waals surface area contributed by atoms with E-state index in [2.05, 4.69) is 5.32 Å². The Kier molecular flexibility index (Phi) is 8.06. The van der Waals surface area contributed by atoms with Gasteiger partial charge in [-0.25, -0.2) is 12.8 Å². The Morgan fingerprint density at radius 2 is 1.74 bits per heavy atom. The second kappa shape index (κ2) is 10.4. The second-order valence-electron chi connectivity index (χ2n) is 10.1. The highest BCUT2D eigenvalue weighted by molar-refractivity contribution is 7.89. The van der Waals surface area contributed by atoms with Crippen molar-refractivity contribution in [2.24, 2.45) is 11.8 Å². The highest BCUT2D eigenvalue weighted by Crippen LogP contribution is 2.44. The van der Waals surface area contributed by atoms with Gasteiger partial charge in [-0.2, -0.15) is 17.5 Å². The Labute approximate surface area is 203 Å². The van der Waals surface area contributed by atoms with Crippen molar-refractivity contribution in [1.82, 2.24) is 9.62 Å². The van der Waals surface area contributed by atoms with E-state index < -0.39 is 62.8 Å². The number of amides is 1. The minimum atomic E-state index is -4.51. The Balaban J connectivity index is 1.45. The van der Waals surface area contributed by atoms with Crippen LogP contribution in [0.4, 0.5) is 17.6 Å². The molecule has 1 saturated heterocycles. The molecule has 1 amide bonds. The zero-order chi connectivity index (χ0) is 24.7. The topological polar surface area (TPSA) is 75.7 Å². The number of hydrogen-bond acceptors (Lipinski definition) is 4. The molecule has 1 heterocycles. The first-order valence-electron chi connectivity index (χ1n) is 12.3. The smallest absolute Gasteiger partial charge is 0.375 e. The SMILES string of the molecule is O=C(NC1CCC2OCCN(S(=O)(=O)C3CCC(F)CC3)C2C1)C1C(Cl)CCCC1C(F)(F)F. The average Bonchev–Trinajstić information content (AvgIpc) is 2.78. The van der Waals surface area contributed by atoms with Gasteiger partial charge in [-0.15, -0.1) is 11.6 Å². The van der Waals surface area contributed by atoms with Gasteiger partial charge in [0.15, 0.2) is 0 Å². The molecule has 1 N–H and O–H groups in total. The summed E-state index contributed by atoms with van der Waals surface area (Å²) in [6.45, 7) is 0.446. The molecular weight excluding hydrogens is 500 g/mol. The molecule has 0 aromatic carbocycles. The van der Waals surface area contributed by atoms with Crippen LogP contribution in [0.5, 0.6) is 0 Å². The number of carbonyl (C=O) groups excluding carboxylic acids is 1. The summed E-state index contributed by atoms with van der Waals surface area (Å²) in [6, 6.07) is -0.966. The third kappa shape index (κ3) is 5.52. The summed E-state index contributed by atoms with van der Waals surface area (Å²) in [5.41, 5.74) is 0. The lowest BCUT2D eigenvalue weighted by atomic mass is 9.77. The van der Waals surface area contributed by atoms with E-state index in [4.69, 9.17) is 16.3 Å². The Morgan fingerprint density at radius 1 is 1.03 bits per heavy atom. The minimum Gasteiger partial charge on any atom is -0.375 e. The van der Waals surface area contributed by atoms with Gasteiger partial charge >= 0.3 is 6.18 Å².